The zero-order valence-corrected chi connectivity index (χ0v) is 18.5. The lowest BCUT2D eigenvalue weighted by atomic mass is 10.1. The molecule has 2 heterocycles. The summed E-state index contributed by atoms with van der Waals surface area (Å²) in [7, 11) is 2.17. The third kappa shape index (κ3) is 5.67. The van der Waals surface area contributed by atoms with Gasteiger partial charge in [-0.05, 0) is 36.9 Å². The van der Waals surface area contributed by atoms with Crippen LogP contribution in [-0.2, 0) is 17.8 Å². The summed E-state index contributed by atoms with van der Waals surface area (Å²) in [5, 5.41) is 6.37. The van der Waals surface area contributed by atoms with E-state index >= 15 is 0 Å². The van der Waals surface area contributed by atoms with Crippen molar-refractivity contribution >= 4 is 34.5 Å². The van der Waals surface area contributed by atoms with Gasteiger partial charge in [0.1, 0.15) is 5.01 Å². The van der Waals surface area contributed by atoms with Gasteiger partial charge in [-0.15, -0.1) is 11.3 Å². The van der Waals surface area contributed by atoms with Gasteiger partial charge in [0.2, 0.25) is 5.91 Å². The topological polar surface area (TPSA) is 48.5 Å². The number of nitrogens with zero attached hydrogens (tertiary/aromatic N) is 3. The maximum Gasteiger partial charge on any atom is 0.230 e. The van der Waals surface area contributed by atoms with E-state index in [1.54, 1.807) is 23.5 Å². The van der Waals surface area contributed by atoms with Crippen LogP contribution in [0.3, 0.4) is 0 Å². The fourth-order valence-corrected chi connectivity index (χ4v) is 4.53. The highest BCUT2D eigenvalue weighted by Crippen LogP contribution is 2.25. The lowest BCUT2D eigenvalue weighted by molar-refractivity contribution is -0.115. The Morgan fingerprint density at radius 3 is 2.73 bits per heavy atom. The van der Waals surface area contributed by atoms with Crippen molar-refractivity contribution in [3.8, 4) is 10.6 Å². The van der Waals surface area contributed by atoms with Crippen molar-refractivity contribution in [3.63, 3.8) is 0 Å². The van der Waals surface area contributed by atoms with E-state index in [4.69, 9.17) is 11.6 Å². The molecule has 5 nitrogen and oxygen atoms in total. The number of hydrogen-bond donors (Lipinski definition) is 1. The Labute approximate surface area is 186 Å². The van der Waals surface area contributed by atoms with Gasteiger partial charge in [0, 0.05) is 54.4 Å². The molecule has 1 saturated heterocycles. The molecule has 0 unspecified atom stereocenters. The van der Waals surface area contributed by atoms with Gasteiger partial charge in [-0.3, -0.25) is 9.69 Å². The van der Waals surface area contributed by atoms with E-state index in [1.807, 2.05) is 17.5 Å². The molecular weight excluding hydrogens is 416 g/mol. The minimum absolute atomic E-state index is 0.0991. The van der Waals surface area contributed by atoms with Crippen LogP contribution in [-0.4, -0.2) is 53.9 Å². The zero-order chi connectivity index (χ0) is 20.9. The molecular formula is C23H25ClN4OS. The van der Waals surface area contributed by atoms with Crippen LogP contribution in [0.25, 0.3) is 10.6 Å². The van der Waals surface area contributed by atoms with Crippen LogP contribution < -0.4 is 5.32 Å². The van der Waals surface area contributed by atoms with Crippen molar-refractivity contribution in [2.24, 2.45) is 0 Å². The number of hydrogen-bond acceptors (Lipinski definition) is 5. The smallest absolute Gasteiger partial charge is 0.230 e. The largest absolute Gasteiger partial charge is 0.326 e. The number of halogens is 1. The SMILES string of the molecule is CN1CCN(Cc2cccc(-c3nc(CC(=O)Nc4cccc(Cl)c4)cs3)c2)CC1. The van der Waals surface area contributed by atoms with Crippen molar-refractivity contribution in [3.05, 3.63) is 70.2 Å². The summed E-state index contributed by atoms with van der Waals surface area (Å²) in [6, 6.07) is 15.7. The quantitative estimate of drug-likeness (QED) is 0.617. The molecule has 3 aromatic rings. The first-order valence-corrected chi connectivity index (χ1v) is 11.3. The van der Waals surface area contributed by atoms with Crippen LogP contribution in [0.1, 0.15) is 11.3 Å². The first kappa shape index (κ1) is 21.0. The van der Waals surface area contributed by atoms with E-state index in [-0.39, 0.29) is 12.3 Å². The Hall–Kier alpha value is -2.25. The molecule has 1 aromatic heterocycles. The van der Waals surface area contributed by atoms with Crippen molar-refractivity contribution in [2.45, 2.75) is 13.0 Å². The van der Waals surface area contributed by atoms with Crippen LogP contribution in [0.4, 0.5) is 5.69 Å². The number of anilines is 1. The first-order valence-electron chi connectivity index (χ1n) is 10.1. The number of carbonyl (C=O) groups excluding carboxylic acids is 1. The van der Waals surface area contributed by atoms with Crippen molar-refractivity contribution in [1.82, 2.24) is 14.8 Å². The first-order chi connectivity index (χ1) is 14.5. The van der Waals surface area contributed by atoms with Gasteiger partial charge in [0.05, 0.1) is 12.1 Å². The van der Waals surface area contributed by atoms with Gasteiger partial charge in [-0.1, -0.05) is 35.9 Å². The number of nitrogens with one attached hydrogen (secondary N) is 1. The second-order valence-electron chi connectivity index (χ2n) is 7.66. The second-order valence-corrected chi connectivity index (χ2v) is 8.95. The Morgan fingerprint density at radius 1 is 1.13 bits per heavy atom. The molecule has 2 aromatic carbocycles. The highest BCUT2D eigenvalue weighted by Gasteiger charge is 2.15. The van der Waals surface area contributed by atoms with Crippen molar-refractivity contribution in [2.75, 3.05) is 38.5 Å². The molecule has 30 heavy (non-hydrogen) atoms. The van der Waals surface area contributed by atoms with Crippen molar-refractivity contribution < 1.29 is 4.79 Å². The lowest BCUT2D eigenvalue weighted by Gasteiger charge is -2.32. The Kier molecular flexibility index (Phi) is 6.79. The fourth-order valence-electron chi connectivity index (χ4n) is 3.52. The van der Waals surface area contributed by atoms with Gasteiger partial charge >= 0.3 is 0 Å². The summed E-state index contributed by atoms with van der Waals surface area (Å²) in [6.07, 6.45) is 0.240. The molecule has 1 aliphatic rings. The van der Waals surface area contributed by atoms with E-state index in [2.05, 4.69) is 51.4 Å². The highest BCUT2D eigenvalue weighted by molar-refractivity contribution is 7.13. The van der Waals surface area contributed by atoms with Crippen LogP contribution in [0, 0.1) is 0 Å². The Balaban J connectivity index is 1.38. The molecule has 0 spiro atoms. The predicted octanol–water partition coefficient (Wildman–Crippen LogP) is 4.39. The standard InChI is InChI=1S/C23H25ClN4OS/c1-27-8-10-28(11-9-27)15-17-4-2-5-18(12-17)23-26-21(16-30-23)14-22(29)25-20-7-3-6-19(24)13-20/h2-7,12-13,16H,8-11,14-15H2,1H3,(H,25,29). The summed E-state index contributed by atoms with van der Waals surface area (Å²) < 4.78 is 0. The molecule has 1 aliphatic heterocycles. The third-order valence-corrected chi connectivity index (χ3v) is 6.35. The molecule has 0 saturated carbocycles. The number of benzene rings is 2. The number of thiazole rings is 1. The van der Waals surface area contributed by atoms with E-state index in [0.717, 1.165) is 49.0 Å². The molecule has 7 heteroatoms. The molecule has 1 amide bonds. The van der Waals surface area contributed by atoms with Gasteiger partial charge in [-0.25, -0.2) is 4.98 Å². The number of piperazine rings is 1. The van der Waals surface area contributed by atoms with Crippen LogP contribution in [0.2, 0.25) is 5.02 Å². The van der Waals surface area contributed by atoms with Crippen LogP contribution in [0.5, 0.6) is 0 Å². The highest BCUT2D eigenvalue weighted by atomic mass is 35.5. The average Bonchev–Trinajstić information content (AvgIpc) is 3.18. The number of likely N-dealkylation sites (N-methyl/N-ethyl adjacent to an activating group) is 1. The monoisotopic (exact) mass is 440 g/mol. The summed E-state index contributed by atoms with van der Waals surface area (Å²) in [6.45, 7) is 5.40. The van der Waals surface area contributed by atoms with Crippen LogP contribution in [0.15, 0.2) is 53.9 Å². The molecule has 0 radical (unpaired) electrons. The molecule has 0 atom stereocenters. The van der Waals surface area contributed by atoms with Gasteiger partial charge in [0.25, 0.3) is 0 Å². The molecule has 0 bridgehead atoms. The van der Waals surface area contributed by atoms with Gasteiger partial charge < -0.3 is 10.2 Å². The number of rotatable bonds is 6. The lowest BCUT2D eigenvalue weighted by Crippen LogP contribution is -2.43. The normalized spacial score (nSPS) is 15.3. The Bertz CT molecular complexity index is 1010. The summed E-state index contributed by atoms with van der Waals surface area (Å²) in [5.74, 6) is -0.0991. The summed E-state index contributed by atoms with van der Waals surface area (Å²) in [4.78, 5) is 21.9. The van der Waals surface area contributed by atoms with E-state index < -0.39 is 0 Å². The Morgan fingerprint density at radius 2 is 1.93 bits per heavy atom. The maximum atomic E-state index is 12.3. The number of amides is 1. The van der Waals surface area contributed by atoms with Gasteiger partial charge in [-0.2, -0.15) is 0 Å². The number of carbonyl (C=O) groups is 1. The molecule has 1 fully saturated rings. The summed E-state index contributed by atoms with van der Waals surface area (Å²) in [5.41, 5.74) is 3.87. The zero-order valence-electron chi connectivity index (χ0n) is 17.0. The minimum atomic E-state index is -0.0991. The average molecular weight is 441 g/mol. The minimum Gasteiger partial charge on any atom is -0.326 e. The predicted molar refractivity (Wildman–Crippen MR) is 124 cm³/mol. The van der Waals surface area contributed by atoms with Gasteiger partial charge in [0.15, 0.2) is 0 Å². The molecule has 156 valence electrons. The van der Waals surface area contributed by atoms with Crippen molar-refractivity contribution in [1.29, 1.82) is 0 Å². The van der Waals surface area contributed by atoms with Crippen LogP contribution >= 0.6 is 22.9 Å². The second kappa shape index (κ2) is 9.71. The maximum absolute atomic E-state index is 12.3. The third-order valence-electron chi connectivity index (χ3n) is 5.18. The van der Waals surface area contributed by atoms with E-state index in [0.29, 0.717) is 10.7 Å². The summed E-state index contributed by atoms with van der Waals surface area (Å²) >= 11 is 7.55. The van der Waals surface area contributed by atoms with E-state index in [1.165, 1.54) is 5.56 Å². The molecule has 4 rings (SSSR count). The number of aromatic nitrogens is 1. The fraction of sp³-hybridized carbons (Fsp3) is 0.304. The molecule has 0 aliphatic carbocycles. The van der Waals surface area contributed by atoms with E-state index in [9.17, 15) is 4.79 Å². The molecule has 1 N–H and O–H groups in total.